The second-order valence-electron chi connectivity index (χ2n) is 6.79. The average molecular weight is 374 g/mol. The van der Waals surface area contributed by atoms with Gasteiger partial charge in [0, 0.05) is 25.0 Å². The van der Waals surface area contributed by atoms with Crippen molar-refractivity contribution in [1.29, 1.82) is 0 Å². The fourth-order valence-electron chi connectivity index (χ4n) is 3.32. The summed E-state index contributed by atoms with van der Waals surface area (Å²) >= 11 is 0. The number of carbonyl (C=O) groups excluding carboxylic acids is 1. The highest BCUT2D eigenvalue weighted by atomic mass is 16.5. The molecule has 0 fully saturated rings. The highest BCUT2D eigenvalue weighted by Crippen LogP contribution is 2.21. The number of aryl methyl sites for hydroxylation is 1. The highest BCUT2D eigenvalue weighted by Gasteiger charge is 2.19. The lowest BCUT2D eigenvalue weighted by molar-refractivity contribution is 0.0756. The molecule has 0 saturated carbocycles. The molecular formula is C24H26N2O2. The molecule has 1 amide bonds. The minimum atomic E-state index is -0.0688. The summed E-state index contributed by atoms with van der Waals surface area (Å²) in [5, 5.41) is 0. The first kappa shape index (κ1) is 19.5. The number of para-hydroxylation sites is 1. The summed E-state index contributed by atoms with van der Waals surface area (Å²) in [6.45, 7) is 7.65. The maximum absolute atomic E-state index is 13.1. The van der Waals surface area contributed by atoms with Crippen LogP contribution >= 0.6 is 0 Å². The summed E-state index contributed by atoms with van der Waals surface area (Å²) < 4.78 is 7.55. The van der Waals surface area contributed by atoms with Crippen molar-refractivity contribution in [2.45, 2.75) is 20.0 Å². The number of hydrogen-bond acceptors (Lipinski definition) is 2. The van der Waals surface area contributed by atoms with Crippen molar-refractivity contribution in [2.24, 2.45) is 0 Å². The number of nitrogens with zero attached hydrogens (tertiary/aromatic N) is 2. The summed E-state index contributed by atoms with van der Waals surface area (Å²) in [5.41, 5.74) is 4.12. The molecule has 0 unspecified atom stereocenters. The summed E-state index contributed by atoms with van der Waals surface area (Å²) in [5.74, 6) is 0.511. The Balaban J connectivity index is 1.83. The van der Waals surface area contributed by atoms with Crippen LogP contribution < -0.4 is 4.74 Å². The number of amides is 1. The number of hydrogen-bond donors (Lipinski definition) is 0. The van der Waals surface area contributed by atoms with Crippen LogP contribution in [0.3, 0.4) is 0 Å². The van der Waals surface area contributed by atoms with E-state index >= 15 is 0 Å². The van der Waals surface area contributed by atoms with Crippen LogP contribution in [0.15, 0.2) is 79.5 Å². The van der Waals surface area contributed by atoms with Gasteiger partial charge in [0.1, 0.15) is 5.75 Å². The van der Waals surface area contributed by atoms with Crippen LogP contribution in [0.1, 0.15) is 27.2 Å². The van der Waals surface area contributed by atoms with E-state index in [1.165, 1.54) is 11.1 Å². The third kappa shape index (κ3) is 4.52. The van der Waals surface area contributed by atoms with Crippen LogP contribution in [-0.2, 0) is 13.1 Å². The van der Waals surface area contributed by atoms with Gasteiger partial charge in [-0.1, -0.05) is 48.0 Å². The van der Waals surface area contributed by atoms with Gasteiger partial charge < -0.3 is 14.2 Å². The molecule has 0 N–H and O–H groups in total. The highest BCUT2D eigenvalue weighted by molar-refractivity contribution is 5.97. The van der Waals surface area contributed by atoms with Crippen LogP contribution in [-0.4, -0.2) is 29.0 Å². The average Bonchev–Trinajstić information content (AvgIpc) is 3.13. The number of methoxy groups -OCH3 is 1. The lowest BCUT2D eigenvalue weighted by Gasteiger charge is -2.23. The summed E-state index contributed by atoms with van der Waals surface area (Å²) in [6, 6.07) is 19.9. The fraction of sp³-hybridized carbons (Fsp3) is 0.208. The quantitative estimate of drug-likeness (QED) is 0.537. The number of benzene rings is 2. The maximum atomic E-state index is 13.1. The van der Waals surface area contributed by atoms with Gasteiger partial charge in [-0.2, -0.15) is 0 Å². The molecule has 0 aliphatic carbocycles. The number of rotatable bonds is 8. The molecule has 3 aromatic rings. The Morgan fingerprint density at radius 2 is 1.96 bits per heavy atom. The van der Waals surface area contributed by atoms with Crippen LogP contribution in [0.5, 0.6) is 5.75 Å². The van der Waals surface area contributed by atoms with E-state index in [-0.39, 0.29) is 5.91 Å². The van der Waals surface area contributed by atoms with Crippen molar-refractivity contribution >= 4 is 5.91 Å². The molecule has 4 nitrogen and oxygen atoms in total. The molecule has 3 rings (SSSR count). The molecule has 4 heteroatoms. The number of ether oxygens (including phenoxy) is 1. The van der Waals surface area contributed by atoms with Crippen LogP contribution in [0.25, 0.3) is 0 Å². The Kier molecular flexibility index (Phi) is 6.33. The molecule has 0 radical (unpaired) electrons. The van der Waals surface area contributed by atoms with Gasteiger partial charge in [0.15, 0.2) is 0 Å². The third-order valence-corrected chi connectivity index (χ3v) is 4.69. The first-order chi connectivity index (χ1) is 13.6. The Hall–Kier alpha value is -3.27. The van der Waals surface area contributed by atoms with Gasteiger partial charge in [0.2, 0.25) is 0 Å². The Bertz CT molecular complexity index is 958. The van der Waals surface area contributed by atoms with Crippen molar-refractivity contribution < 1.29 is 9.53 Å². The van der Waals surface area contributed by atoms with Gasteiger partial charge >= 0.3 is 0 Å². The first-order valence-electron chi connectivity index (χ1n) is 9.35. The van der Waals surface area contributed by atoms with Crippen molar-refractivity contribution in [1.82, 2.24) is 9.47 Å². The standard InChI is InChI=1S/C24H26N2O2/c1-4-14-26(24(27)22-12-5-6-13-23(22)28-3)18-21-11-8-15-25(21)17-20-10-7-9-19(2)16-20/h4-13,15-16H,1,14,17-18H2,2-3H3. The van der Waals surface area contributed by atoms with E-state index < -0.39 is 0 Å². The minimum Gasteiger partial charge on any atom is -0.496 e. The predicted molar refractivity (Wildman–Crippen MR) is 113 cm³/mol. The van der Waals surface area contributed by atoms with Crippen molar-refractivity contribution in [3.8, 4) is 5.75 Å². The molecule has 0 aliphatic heterocycles. The largest absolute Gasteiger partial charge is 0.496 e. The predicted octanol–water partition coefficient (Wildman–Crippen LogP) is 4.68. The number of aromatic nitrogens is 1. The van der Waals surface area contributed by atoms with Gasteiger partial charge in [-0.15, -0.1) is 6.58 Å². The SMILES string of the molecule is C=CCN(Cc1cccn1Cc1cccc(C)c1)C(=O)c1ccccc1OC. The Morgan fingerprint density at radius 1 is 1.14 bits per heavy atom. The molecule has 144 valence electrons. The van der Waals surface area contributed by atoms with E-state index in [9.17, 15) is 4.79 Å². The topological polar surface area (TPSA) is 34.5 Å². The zero-order chi connectivity index (χ0) is 19.9. The summed E-state index contributed by atoms with van der Waals surface area (Å²) in [7, 11) is 1.58. The maximum Gasteiger partial charge on any atom is 0.258 e. The smallest absolute Gasteiger partial charge is 0.258 e. The second kappa shape index (κ2) is 9.09. The molecular weight excluding hydrogens is 348 g/mol. The normalized spacial score (nSPS) is 10.5. The van der Waals surface area contributed by atoms with E-state index in [2.05, 4.69) is 54.6 Å². The van der Waals surface area contributed by atoms with E-state index in [4.69, 9.17) is 4.74 Å². The van der Waals surface area contributed by atoms with Crippen molar-refractivity contribution in [2.75, 3.05) is 13.7 Å². The summed E-state index contributed by atoms with van der Waals surface area (Å²) in [4.78, 5) is 14.9. The molecule has 0 atom stereocenters. The lowest BCUT2D eigenvalue weighted by Crippen LogP contribution is -2.32. The van der Waals surface area contributed by atoms with E-state index in [0.717, 1.165) is 12.2 Å². The van der Waals surface area contributed by atoms with Crippen LogP contribution in [0.4, 0.5) is 0 Å². The van der Waals surface area contributed by atoms with Gasteiger partial charge in [0.05, 0.1) is 19.2 Å². The van der Waals surface area contributed by atoms with Crippen LogP contribution in [0.2, 0.25) is 0 Å². The Labute approximate surface area is 166 Å². The van der Waals surface area contributed by atoms with Gasteiger partial charge in [-0.05, 0) is 36.8 Å². The zero-order valence-corrected chi connectivity index (χ0v) is 16.5. The molecule has 0 bridgehead atoms. The van der Waals surface area contributed by atoms with Crippen LogP contribution in [0, 0.1) is 6.92 Å². The third-order valence-electron chi connectivity index (χ3n) is 4.69. The molecule has 28 heavy (non-hydrogen) atoms. The molecule has 1 heterocycles. The zero-order valence-electron chi connectivity index (χ0n) is 16.5. The number of carbonyl (C=O) groups is 1. The molecule has 0 saturated heterocycles. The van der Waals surface area contributed by atoms with Gasteiger partial charge in [-0.25, -0.2) is 0 Å². The molecule has 0 aliphatic rings. The lowest BCUT2D eigenvalue weighted by atomic mass is 10.1. The van der Waals surface area contributed by atoms with Gasteiger partial charge in [0.25, 0.3) is 5.91 Å². The summed E-state index contributed by atoms with van der Waals surface area (Å²) in [6.07, 6.45) is 3.80. The first-order valence-corrected chi connectivity index (χ1v) is 9.35. The minimum absolute atomic E-state index is 0.0688. The van der Waals surface area contributed by atoms with Crippen molar-refractivity contribution in [3.05, 3.63) is 102 Å². The monoisotopic (exact) mass is 374 g/mol. The molecule has 2 aromatic carbocycles. The van der Waals surface area contributed by atoms with E-state index in [1.54, 1.807) is 30.2 Å². The van der Waals surface area contributed by atoms with E-state index in [1.807, 2.05) is 18.2 Å². The van der Waals surface area contributed by atoms with E-state index in [0.29, 0.717) is 24.4 Å². The fourth-order valence-corrected chi connectivity index (χ4v) is 3.32. The van der Waals surface area contributed by atoms with Gasteiger partial charge in [-0.3, -0.25) is 4.79 Å². The van der Waals surface area contributed by atoms with Crippen molar-refractivity contribution in [3.63, 3.8) is 0 Å². The second-order valence-corrected chi connectivity index (χ2v) is 6.79. The Morgan fingerprint density at radius 3 is 2.71 bits per heavy atom. The molecule has 1 aromatic heterocycles. The molecule has 0 spiro atoms.